The smallest absolute Gasteiger partial charge is 0.0657 e. The lowest BCUT2D eigenvalue weighted by atomic mass is 9.90. The van der Waals surface area contributed by atoms with Gasteiger partial charge in [0.15, 0.2) is 0 Å². The molecule has 0 amide bonds. The molecule has 0 bridgehead atoms. The molecule has 3 heteroatoms. The van der Waals surface area contributed by atoms with Gasteiger partial charge in [-0.2, -0.15) is 5.10 Å². The summed E-state index contributed by atoms with van der Waals surface area (Å²) in [5, 5.41) is 4.88. The molecule has 0 saturated heterocycles. The van der Waals surface area contributed by atoms with Crippen LogP contribution in [0, 0.1) is 13.8 Å². The Morgan fingerprint density at radius 2 is 1.72 bits per heavy atom. The molecular weight excluding hydrogens is 306 g/mol. The normalized spacial score (nSPS) is 12.6. The standard InChI is InChI=1S/C22H27N3/c1-15(2)21-13-22(25(24-21)18-8-6-5-7-9-18)20(14-23)19-11-10-16(3)12-17(19)4/h5-13,15,20H,14,23H2,1-4H3. The maximum absolute atomic E-state index is 6.23. The first kappa shape index (κ1) is 17.4. The van der Waals surface area contributed by atoms with E-state index in [4.69, 9.17) is 10.8 Å². The lowest BCUT2D eigenvalue weighted by Gasteiger charge is -2.20. The predicted octanol–water partition coefficient (Wildman–Crippen LogP) is 4.70. The van der Waals surface area contributed by atoms with Gasteiger partial charge < -0.3 is 5.73 Å². The summed E-state index contributed by atoms with van der Waals surface area (Å²) in [6.07, 6.45) is 0. The molecule has 130 valence electrons. The van der Waals surface area contributed by atoms with Crippen molar-refractivity contribution in [2.75, 3.05) is 6.54 Å². The van der Waals surface area contributed by atoms with Crippen molar-refractivity contribution >= 4 is 0 Å². The van der Waals surface area contributed by atoms with Crippen molar-refractivity contribution in [3.8, 4) is 5.69 Å². The number of hydrogen-bond acceptors (Lipinski definition) is 2. The summed E-state index contributed by atoms with van der Waals surface area (Å²) in [5.74, 6) is 0.502. The van der Waals surface area contributed by atoms with Gasteiger partial charge in [-0.25, -0.2) is 4.68 Å². The largest absolute Gasteiger partial charge is 0.329 e. The molecule has 25 heavy (non-hydrogen) atoms. The molecule has 1 atom stereocenters. The highest BCUT2D eigenvalue weighted by atomic mass is 15.3. The van der Waals surface area contributed by atoms with Crippen LogP contribution in [0.2, 0.25) is 0 Å². The highest BCUT2D eigenvalue weighted by Gasteiger charge is 2.22. The first-order valence-corrected chi connectivity index (χ1v) is 8.93. The van der Waals surface area contributed by atoms with Crippen LogP contribution in [0.1, 0.15) is 53.8 Å². The van der Waals surface area contributed by atoms with Crippen molar-refractivity contribution in [2.24, 2.45) is 5.73 Å². The zero-order chi connectivity index (χ0) is 18.0. The van der Waals surface area contributed by atoms with E-state index in [0.29, 0.717) is 12.5 Å². The van der Waals surface area contributed by atoms with Crippen LogP contribution in [-0.2, 0) is 0 Å². The van der Waals surface area contributed by atoms with Crippen LogP contribution in [-0.4, -0.2) is 16.3 Å². The third kappa shape index (κ3) is 3.52. The summed E-state index contributed by atoms with van der Waals surface area (Å²) in [5.41, 5.74) is 13.4. The molecular formula is C22H27N3. The van der Waals surface area contributed by atoms with E-state index in [2.05, 4.69) is 68.8 Å². The fraction of sp³-hybridized carbons (Fsp3) is 0.318. The number of rotatable bonds is 5. The molecule has 3 aromatic rings. The number of nitrogens with zero attached hydrogens (tertiary/aromatic N) is 2. The molecule has 0 fully saturated rings. The second kappa shape index (κ2) is 7.24. The molecule has 0 aliphatic rings. The maximum atomic E-state index is 6.23. The Hall–Kier alpha value is -2.39. The molecule has 0 spiro atoms. The fourth-order valence-electron chi connectivity index (χ4n) is 3.34. The van der Waals surface area contributed by atoms with Gasteiger partial charge >= 0.3 is 0 Å². The van der Waals surface area contributed by atoms with Crippen LogP contribution in [0.4, 0.5) is 0 Å². The Morgan fingerprint density at radius 1 is 1.00 bits per heavy atom. The Morgan fingerprint density at radius 3 is 2.32 bits per heavy atom. The number of hydrogen-bond donors (Lipinski definition) is 1. The summed E-state index contributed by atoms with van der Waals surface area (Å²) in [7, 11) is 0. The van der Waals surface area contributed by atoms with Gasteiger partial charge in [-0.3, -0.25) is 0 Å². The van der Waals surface area contributed by atoms with Crippen LogP contribution in [0.15, 0.2) is 54.6 Å². The van der Waals surface area contributed by atoms with E-state index in [1.54, 1.807) is 0 Å². The number of benzene rings is 2. The maximum Gasteiger partial charge on any atom is 0.0657 e. The molecule has 3 rings (SSSR count). The van der Waals surface area contributed by atoms with Gasteiger partial charge in [-0.05, 0) is 49.1 Å². The molecule has 1 heterocycles. The van der Waals surface area contributed by atoms with Crippen molar-refractivity contribution < 1.29 is 0 Å². The van der Waals surface area contributed by atoms with E-state index in [0.717, 1.165) is 17.1 Å². The molecule has 2 N–H and O–H groups in total. The molecule has 3 nitrogen and oxygen atoms in total. The summed E-state index contributed by atoms with van der Waals surface area (Å²) < 4.78 is 2.06. The Bertz CT molecular complexity index is 847. The summed E-state index contributed by atoms with van der Waals surface area (Å²) in [6, 6.07) is 19.1. The van der Waals surface area contributed by atoms with E-state index in [1.165, 1.54) is 16.7 Å². The van der Waals surface area contributed by atoms with Crippen LogP contribution < -0.4 is 5.73 Å². The summed E-state index contributed by atoms with van der Waals surface area (Å²) in [6.45, 7) is 9.20. The van der Waals surface area contributed by atoms with Gasteiger partial charge in [0, 0.05) is 12.5 Å². The number of aryl methyl sites for hydroxylation is 2. The van der Waals surface area contributed by atoms with Gasteiger partial charge in [0.2, 0.25) is 0 Å². The van der Waals surface area contributed by atoms with Gasteiger partial charge in [-0.1, -0.05) is 55.8 Å². The van der Waals surface area contributed by atoms with Crippen molar-refractivity contribution in [2.45, 2.75) is 39.5 Å². The lowest BCUT2D eigenvalue weighted by Crippen LogP contribution is -2.18. The molecule has 1 unspecified atom stereocenters. The Balaban J connectivity index is 2.16. The highest BCUT2D eigenvalue weighted by molar-refractivity contribution is 5.42. The van der Waals surface area contributed by atoms with E-state index < -0.39 is 0 Å². The fourth-order valence-corrected chi connectivity index (χ4v) is 3.34. The van der Waals surface area contributed by atoms with E-state index in [-0.39, 0.29) is 5.92 Å². The lowest BCUT2D eigenvalue weighted by molar-refractivity contribution is 0.704. The quantitative estimate of drug-likeness (QED) is 0.735. The molecule has 0 aliphatic carbocycles. The van der Waals surface area contributed by atoms with Crippen LogP contribution >= 0.6 is 0 Å². The third-order valence-corrected chi connectivity index (χ3v) is 4.74. The van der Waals surface area contributed by atoms with Gasteiger partial charge in [0.1, 0.15) is 0 Å². The van der Waals surface area contributed by atoms with Crippen LogP contribution in [0.25, 0.3) is 5.69 Å². The number of nitrogens with two attached hydrogens (primary N) is 1. The second-order valence-corrected chi connectivity index (χ2v) is 7.04. The topological polar surface area (TPSA) is 43.8 Å². The minimum absolute atomic E-state index is 0.126. The molecule has 0 radical (unpaired) electrons. The molecule has 0 saturated carbocycles. The monoisotopic (exact) mass is 333 g/mol. The average Bonchev–Trinajstić information content (AvgIpc) is 3.03. The Labute approximate surface area is 150 Å². The third-order valence-electron chi connectivity index (χ3n) is 4.74. The molecule has 0 aliphatic heterocycles. The van der Waals surface area contributed by atoms with E-state index >= 15 is 0 Å². The molecule has 1 aromatic heterocycles. The molecule has 2 aromatic carbocycles. The average molecular weight is 333 g/mol. The first-order chi connectivity index (χ1) is 12.0. The predicted molar refractivity (Wildman–Crippen MR) is 104 cm³/mol. The van der Waals surface area contributed by atoms with Gasteiger partial charge in [0.25, 0.3) is 0 Å². The van der Waals surface area contributed by atoms with Gasteiger partial charge in [-0.15, -0.1) is 0 Å². The minimum atomic E-state index is 0.126. The first-order valence-electron chi connectivity index (χ1n) is 8.93. The van der Waals surface area contributed by atoms with E-state index in [1.807, 2.05) is 18.2 Å². The number of para-hydroxylation sites is 1. The minimum Gasteiger partial charge on any atom is -0.329 e. The summed E-state index contributed by atoms with van der Waals surface area (Å²) in [4.78, 5) is 0. The van der Waals surface area contributed by atoms with Crippen LogP contribution in [0.3, 0.4) is 0 Å². The van der Waals surface area contributed by atoms with E-state index in [9.17, 15) is 0 Å². The highest BCUT2D eigenvalue weighted by Crippen LogP contribution is 2.30. The van der Waals surface area contributed by atoms with Crippen molar-refractivity contribution in [3.05, 3.63) is 82.7 Å². The zero-order valence-electron chi connectivity index (χ0n) is 15.5. The Kier molecular flexibility index (Phi) is 5.05. The van der Waals surface area contributed by atoms with Crippen LogP contribution in [0.5, 0.6) is 0 Å². The van der Waals surface area contributed by atoms with Crippen molar-refractivity contribution in [3.63, 3.8) is 0 Å². The van der Waals surface area contributed by atoms with Gasteiger partial charge in [0.05, 0.1) is 17.1 Å². The van der Waals surface area contributed by atoms with Crippen molar-refractivity contribution in [1.29, 1.82) is 0 Å². The number of aromatic nitrogens is 2. The zero-order valence-corrected chi connectivity index (χ0v) is 15.5. The second-order valence-electron chi connectivity index (χ2n) is 7.04. The SMILES string of the molecule is Cc1ccc(C(CN)c2cc(C(C)C)nn2-c2ccccc2)c(C)c1. The summed E-state index contributed by atoms with van der Waals surface area (Å²) >= 11 is 0. The van der Waals surface area contributed by atoms with Crippen molar-refractivity contribution in [1.82, 2.24) is 9.78 Å².